The van der Waals surface area contributed by atoms with Crippen LogP contribution in [0.3, 0.4) is 0 Å². The molecule has 0 fully saturated rings. The van der Waals surface area contributed by atoms with Gasteiger partial charge in [0, 0.05) is 6.04 Å². The van der Waals surface area contributed by atoms with Gasteiger partial charge in [0.2, 0.25) is 0 Å². The monoisotopic (exact) mass is 203 g/mol. The Labute approximate surface area is 88.0 Å². The minimum atomic E-state index is -0.0798. The predicted octanol–water partition coefficient (Wildman–Crippen LogP) is 1.80. The average Bonchev–Trinajstić information content (AvgIpc) is 2.01. The van der Waals surface area contributed by atoms with Crippen LogP contribution in [0, 0.1) is 5.92 Å². The van der Waals surface area contributed by atoms with E-state index in [0.717, 1.165) is 0 Å². The summed E-state index contributed by atoms with van der Waals surface area (Å²) in [5, 5.41) is 0. The summed E-state index contributed by atoms with van der Waals surface area (Å²) in [4.78, 5) is 0. The molecule has 0 amide bonds. The molecule has 14 heavy (non-hydrogen) atoms. The lowest BCUT2D eigenvalue weighted by molar-refractivity contribution is -0.0373. The highest BCUT2D eigenvalue weighted by atomic mass is 16.5. The van der Waals surface area contributed by atoms with E-state index < -0.39 is 0 Å². The van der Waals surface area contributed by atoms with Crippen LogP contribution in [0.1, 0.15) is 34.6 Å². The van der Waals surface area contributed by atoms with E-state index in [0.29, 0.717) is 25.7 Å². The zero-order chi connectivity index (χ0) is 11.2. The van der Waals surface area contributed by atoms with Gasteiger partial charge in [0.1, 0.15) is 0 Å². The maximum Gasteiger partial charge on any atom is 0.0707 e. The molecule has 0 aliphatic heterocycles. The first-order chi connectivity index (χ1) is 6.33. The molecule has 0 radical (unpaired) electrons. The Kier molecular flexibility index (Phi) is 6.33. The van der Waals surface area contributed by atoms with Crippen molar-refractivity contribution in [3.63, 3.8) is 0 Å². The number of hydrogen-bond acceptors (Lipinski definition) is 3. The summed E-state index contributed by atoms with van der Waals surface area (Å²) < 4.78 is 10.9. The highest BCUT2D eigenvalue weighted by molar-refractivity contribution is 4.63. The Hall–Kier alpha value is -0.120. The third-order valence-corrected chi connectivity index (χ3v) is 1.93. The lowest BCUT2D eigenvalue weighted by atomic mass is 10.1. The van der Waals surface area contributed by atoms with E-state index in [1.807, 2.05) is 20.8 Å². The molecule has 0 bridgehead atoms. The summed E-state index contributed by atoms with van der Waals surface area (Å²) >= 11 is 0. The van der Waals surface area contributed by atoms with Gasteiger partial charge in [-0.05, 0) is 26.7 Å². The van der Waals surface area contributed by atoms with Gasteiger partial charge in [-0.3, -0.25) is 0 Å². The molecular weight excluding hydrogens is 178 g/mol. The number of rotatable bonds is 6. The fourth-order valence-electron chi connectivity index (χ4n) is 0.819. The molecule has 0 aliphatic carbocycles. The van der Waals surface area contributed by atoms with Gasteiger partial charge in [0.25, 0.3) is 0 Å². The minimum absolute atomic E-state index is 0.0798. The van der Waals surface area contributed by atoms with Crippen molar-refractivity contribution in [1.29, 1.82) is 0 Å². The second kappa shape index (κ2) is 6.38. The molecule has 0 saturated carbocycles. The number of ether oxygens (including phenoxy) is 2. The van der Waals surface area contributed by atoms with Crippen LogP contribution >= 0.6 is 0 Å². The SMILES string of the molecule is CC(C)C(N)COCCOC(C)(C)C. The predicted molar refractivity (Wildman–Crippen MR) is 59.3 cm³/mol. The first kappa shape index (κ1) is 13.9. The van der Waals surface area contributed by atoms with Crippen molar-refractivity contribution < 1.29 is 9.47 Å². The normalized spacial score (nSPS) is 14.8. The van der Waals surface area contributed by atoms with E-state index in [4.69, 9.17) is 15.2 Å². The topological polar surface area (TPSA) is 44.5 Å². The Balaban J connectivity index is 3.30. The van der Waals surface area contributed by atoms with Crippen molar-refractivity contribution in [3.8, 4) is 0 Å². The quantitative estimate of drug-likeness (QED) is 0.669. The van der Waals surface area contributed by atoms with Crippen molar-refractivity contribution in [3.05, 3.63) is 0 Å². The van der Waals surface area contributed by atoms with E-state index in [2.05, 4.69) is 13.8 Å². The van der Waals surface area contributed by atoms with Crippen molar-refractivity contribution in [2.75, 3.05) is 19.8 Å². The second-order valence-corrected chi connectivity index (χ2v) is 4.94. The summed E-state index contributed by atoms with van der Waals surface area (Å²) in [6.45, 7) is 12.2. The van der Waals surface area contributed by atoms with Gasteiger partial charge in [0.05, 0.1) is 25.4 Å². The largest absolute Gasteiger partial charge is 0.377 e. The molecule has 2 N–H and O–H groups in total. The number of nitrogens with two attached hydrogens (primary N) is 1. The van der Waals surface area contributed by atoms with Crippen LogP contribution in [0.4, 0.5) is 0 Å². The van der Waals surface area contributed by atoms with Crippen LogP contribution in [0.15, 0.2) is 0 Å². The third kappa shape index (κ3) is 8.48. The molecule has 3 nitrogen and oxygen atoms in total. The molecule has 0 heterocycles. The molecular formula is C11H25NO2. The molecule has 86 valence electrons. The summed E-state index contributed by atoms with van der Waals surface area (Å²) in [6, 6.07) is 0.129. The smallest absolute Gasteiger partial charge is 0.0707 e. The summed E-state index contributed by atoms with van der Waals surface area (Å²) in [5.41, 5.74) is 5.74. The number of hydrogen-bond donors (Lipinski definition) is 1. The molecule has 0 aliphatic rings. The molecule has 3 heteroatoms. The molecule has 0 rings (SSSR count). The highest BCUT2D eigenvalue weighted by Gasteiger charge is 2.10. The fourth-order valence-corrected chi connectivity index (χ4v) is 0.819. The van der Waals surface area contributed by atoms with Crippen LogP contribution < -0.4 is 5.73 Å². The van der Waals surface area contributed by atoms with Gasteiger partial charge in [-0.15, -0.1) is 0 Å². The van der Waals surface area contributed by atoms with Gasteiger partial charge >= 0.3 is 0 Å². The van der Waals surface area contributed by atoms with E-state index in [1.165, 1.54) is 0 Å². The lowest BCUT2D eigenvalue weighted by Gasteiger charge is -2.20. The second-order valence-electron chi connectivity index (χ2n) is 4.94. The minimum Gasteiger partial charge on any atom is -0.377 e. The maximum atomic E-state index is 5.82. The fraction of sp³-hybridized carbons (Fsp3) is 1.00. The Morgan fingerprint density at radius 2 is 1.71 bits per heavy atom. The van der Waals surface area contributed by atoms with Crippen LogP contribution in [-0.4, -0.2) is 31.5 Å². The Bertz CT molecular complexity index is 141. The van der Waals surface area contributed by atoms with Crippen LogP contribution in [0.25, 0.3) is 0 Å². The van der Waals surface area contributed by atoms with Crippen LogP contribution in [-0.2, 0) is 9.47 Å². The van der Waals surface area contributed by atoms with Crippen molar-refractivity contribution >= 4 is 0 Å². The van der Waals surface area contributed by atoms with Crippen molar-refractivity contribution in [2.45, 2.75) is 46.3 Å². The highest BCUT2D eigenvalue weighted by Crippen LogP contribution is 2.05. The first-order valence-electron chi connectivity index (χ1n) is 5.30. The van der Waals surface area contributed by atoms with Gasteiger partial charge in [-0.2, -0.15) is 0 Å². The molecule has 0 aromatic heterocycles. The van der Waals surface area contributed by atoms with Gasteiger partial charge in [0.15, 0.2) is 0 Å². The zero-order valence-electron chi connectivity index (χ0n) is 10.2. The van der Waals surface area contributed by atoms with Gasteiger partial charge < -0.3 is 15.2 Å². The molecule has 1 unspecified atom stereocenters. The van der Waals surface area contributed by atoms with Crippen molar-refractivity contribution in [2.24, 2.45) is 11.7 Å². The van der Waals surface area contributed by atoms with Crippen LogP contribution in [0.2, 0.25) is 0 Å². The Morgan fingerprint density at radius 3 is 2.14 bits per heavy atom. The molecule has 0 spiro atoms. The van der Waals surface area contributed by atoms with Crippen LogP contribution in [0.5, 0.6) is 0 Å². The van der Waals surface area contributed by atoms with Gasteiger partial charge in [-0.25, -0.2) is 0 Å². The summed E-state index contributed by atoms with van der Waals surface area (Å²) in [6.07, 6.45) is 0. The van der Waals surface area contributed by atoms with E-state index in [9.17, 15) is 0 Å². The van der Waals surface area contributed by atoms with E-state index in [-0.39, 0.29) is 11.6 Å². The average molecular weight is 203 g/mol. The molecule has 0 aromatic carbocycles. The Morgan fingerprint density at radius 1 is 1.14 bits per heavy atom. The summed E-state index contributed by atoms with van der Waals surface area (Å²) in [7, 11) is 0. The first-order valence-corrected chi connectivity index (χ1v) is 5.30. The molecule has 1 atom stereocenters. The van der Waals surface area contributed by atoms with E-state index >= 15 is 0 Å². The zero-order valence-corrected chi connectivity index (χ0v) is 10.2. The lowest BCUT2D eigenvalue weighted by Crippen LogP contribution is -2.32. The maximum absolute atomic E-state index is 5.82. The summed E-state index contributed by atoms with van der Waals surface area (Å²) in [5.74, 6) is 0.471. The molecule has 0 aromatic rings. The van der Waals surface area contributed by atoms with E-state index in [1.54, 1.807) is 0 Å². The third-order valence-electron chi connectivity index (χ3n) is 1.93. The standard InChI is InChI=1S/C11H25NO2/c1-9(2)10(12)8-13-6-7-14-11(3,4)5/h9-10H,6-8,12H2,1-5H3. The molecule has 0 saturated heterocycles. The van der Waals surface area contributed by atoms with Crippen molar-refractivity contribution in [1.82, 2.24) is 0 Å². The van der Waals surface area contributed by atoms with Gasteiger partial charge in [-0.1, -0.05) is 13.8 Å².